The number of benzene rings is 2. The average molecular weight is 370 g/mol. The topological polar surface area (TPSA) is 67.4 Å². The van der Waals surface area contributed by atoms with Crippen molar-refractivity contribution in [3.8, 4) is 0 Å². The van der Waals surface area contributed by atoms with Gasteiger partial charge >= 0.3 is 6.09 Å². The molecule has 0 aliphatic carbocycles. The molecule has 0 radical (unpaired) electrons. The number of ether oxygens (including phenoxy) is 1. The SMILES string of the molecule is CCC[C@H](NC(=O)OC(C)(C)C)C(=O)N[C@@H](C)c1cccc2ccccc12. The zero-order chi connectivity index (χ0) is 20.0. The van der Waals surface area contributed by atoms with Gasteiger partial charge in [-0.2, -0.15) is 0 Å². The highest BCUT2D eigenvalue weighted by Gasteiger charge is 2.25. The summed E-state index contributed by atoms with van der Waals surface area (Å²) in [7, 11) is 0. The van der Waals surface area contributed by atoms with Crippen LogP contribution in [0, 0.1) is 0 Å². The summed E-state index contributed by atoms with van der Waals surface area (Å²) >= 11 is 0. The minimum Gasteiger partial charge on any atom is -0.444 e. The standard InChI is InChI=1S/C22H30N2O3/c1-6-10-19(24-21(26)27-22(3,4)5)20(25)23-15(2)17-14-9-12-16-11-7-8-13-18(16)17/h7-9,11-15,19H,6,10H2,1-5H3,(H,23,25)(H,24,26)/t15-,19-/m0/s1. The van der Waals surface area contributed by atoms with Crippen molar-refractivity contribution in [1.29, 1.82) is 0 Å². The Hall–Kier alpha value is -2.56. The molecule has 0 unspecified atom stereocenters. The average Bonchev–Trinajstić information content (AvgIpc) is 2.59. The molecule has 2 aromatic rings. The van der Waals surface area contributed by atoms with Crippen LogP contribution >= 0.6 is 0 Å². The molecule has 2 atom stereocenters. The van der Waals surface area contributed by atoms with Crippen LogP contribution in [0.3, 0.4) is 0 Å². The summed E-state index contributed by atoms with van der Waals surface area (Å²) in [4.78, 5) is 24.8. The Bertz CT molecular complexity index is 790. The molecule has 0 saturated carbocycles. The van der Waals surface area contributed by atoms with Crippen LogP contribution < -0.4 is 10.6 Å². The van der Waals surface area contributed by atoms with Gasteiger partial charge < -0.3 is 15.4 Å². The third kappa shape index (κ3) is 5.98. The fourth-order valence-corrected chi connectivity index (χ4v) is 3.03. The zero-order valence-electron chi connectivity index (χ0n) is 16.8. The number of carbonyl (C=O) groups is 2. The largest absolute Gasteiger partial charge is 0.444 e. The van der Waals surface area contributed by atoms with Crippen molar-refractivity contribution in [2.24, 2.45) is 0 Å². The first-order chi connectivity index (χ1) is 12.7. The normalized spacial score (nSPS) is 13.7. The monoisotopic (exact) mass is 370 g/mol. The number of rotatable bonds is 6. The quantitative estimate of drug-likeness (QED) is 0.774. The molecule has 2 amide bonds. The maximum Gasteiger partial charge on any atom is 0.408 e. The summed E-state index contributed by atoms with van der Waals surface area (Å²) in [5.74, 6) is -0.205. The number of fused-ring (bicyclic) bond motifs is 1. The second-order valence-electron chi connectivity index (χ2n) is 7.79. The summed E-state index contributed by atoms with van der Waals surface area (Å²) in [6.07, 6.45) is 0.748. The van der Waals surface area contributed by atoms with Crippen LogP contribution in [-0.4, -0.2) is 23.6 Å². The molecule has 2 N–H and O–H groups in total. The number of amides is 2. The molecular weight excluding hydrogens is 340 g/mol. The molecule has 5 nitrogen and oxygen atoms in total. The van der Waals surface area contributed by atoms with Gasteiger partial charge in [-0.1, -0.05) is 55.8 Å². The number of hydrogen-bond donors (Lipinski definition) is 2. The first-order valence-corrected chi connectivity index (χ1v) is 9.49. The molecule has 0 aromatic heterocycles. The van der Waals surface area contributed by atoms with Crippen LogP contribution in [-0.2, 0) is 9.53 Å². The van der Waals surface area contributed by atoms with E-state index < -0.39 is 17.7 Å². The van der Waals surface area contributed by atoms with Crippen LogP contribution in [0.4, 0.5) is 4.79 Å². The van der Waals surface area contributed by atoms with E-state index in [1.165, 1.54) is 0 Å². The first kappa shape index (κ1) is 20.7. The third-order valence-electron chi connectivity index (χ3n) is 4.23. The van der Waals surface area contributed by atoms with Gasteiger partial charge in [0.15, 0.2) is 0 Å². The molecule has 2 aromatic carbocycles. The Morgan fingerprint density at radius 1 is 1.04 bits per heavy atom. The zero-order valence-corrected chi connectivity index (χ0v) is 16.8. The smallest absolute Gasteiger partial charge is 0.408 e. The van der Waals surface area contributed by atoms with Gasteiger partial charge in [0.05, 0.1) is 6.04 Å². The van der Waals surface area contributed by atoms with Crippen molar-refractivity contribution in [2.45, 2.75) is 65.1 Å². The molecule has 0 aliphatic heterocycles. The Labute approximate surface area is 161 Å². The summed E-state index contributed by atoms with van der Waals surface area (Å²) in [5, 5.41) is 7.97. The lowest BCUT2D eigenvalue weighted by Gasteiger charge is -2.24. The number of hydrogen-bond acceptors (Lipinski definition) is 3. The Morgan fingerprint density at radius 3 is 2.37 bits per heavy atom. The van der Waals surface area contributed by atoms with Gasteiger partial charge in [-0.25, -0.2) is 4.79 Å². The molecule has 0 spiro atoms. The van der Waals surface area contributed by atoms with Gasteiger partial charge in [0, 0.05) is 0 Å². The van der Waals surface area contributed by atoms with Crippen LogP contribution in [0.5, 0.6) is 0 Å². The minimum absolute atomic E-state index is 0.177. The third-order valence-corrected chi connectivity index (χ3v) is 4.23. The summed E-state index contributed by atoms with van der Waals surface area (Å²) in [5.41, 5.74) is 0.446. The fourth-order valence-electron chi connectivity index (χ4n) is 3.03. The first-order valence-electron chi connectivity index (χ1n) is 9.49. The maximum absolute atomic E-state index is 12.8. The number of alkyl carbamates (subject to hydrolysis) is 1. The second-order valence-corrected chi connectivity index (χ2v) is 7.79. The number of carbonyl (C=O) groups excluding carboxylic acids is 2. The van der Waals surface area contributed by atoms with Gasteiger partial charge in [-0.05, 0) is 50.5 Å². The molecule has 0 bridgehead atoms. The summed E-state index contributed by atoms with van der Waals surface area (Å²) in [6, 6.07) is 13.4. The minimum atomic E-state index is -0.623. The highest BCUT2D eigenvalue weighted by molar-refractivity contribution is 5.88. The van der Waals surface area contributed by atoms with E-state index >= 15 is 0 Å². The molecule has 0 heterocycles. The van der Waals surface area contributed by atoms with E-state index in [1.54, 1.807) is 20.8 Å². The van der Waals surface area contributed by atoms with Crippen molar-refractivity contribution >= 4 is 22.8 Å². The Kier molecular flexibility index (Phi) is 6.83. The summed E-state index contributed by atoms with van der Waals surface area (Å²) in [6.45, 7) is 9.32. The van der Waals surface area contributed by atoms with Crippen molar-refractivity contribution in [2.75, 3.05) is 0 Å². The maximum atomic E-state index is 12.8. The van der Waals surface area contributed by atoms with Crippen molar-refractivity contribution in [3.05, 3.63) is 48.0 Å². The Morgan fingerprint density at radius 2 is 1.70 bits per heavy atom. The van der Waals surface area contributed by atoms with Gasteiger partial charge in [0.1, 0.15) is 11.6 Å². The molecule has 5 heteroatoms. The van der Waals surface area contributed by atoms with Crippen LogP contribution in [0.2, 0.25) is 0 Å². The van der Waals surface area contributed by atoms with Crippen LogP contribution in [0.25, 0.3) is 10.8 Å². The lowest BCUT2D eigenvalue weighted by molar-refractivity contribution is -0.124. The van der Waals surface area contributed by atoms with Crippen LogP contribution in [0.1, 0.15) is 59.1 Å². The molecular formula is C22H30N2O3. The van der Waals surface area contributed by atoms with Crippen molar-refractivity contribution in [3.63, 3.8) is 0 Å². The molecule has 146 valence electrons. The van der Waals surface area contributed by atoms with Gasteiger partial charge in [0.2, 0.25) is 5.91 Å². The van der Waals surface area contributed by atoms with E-state index in [9.17, 15) is 9.59 Å². The molecule has 0 aliphatic rings. The highest BCUT2D eigenvalue weighted by Crippen LogP contribution is 2.24. The van der Waals surface area contributed by atoms with E-state index in [-0.39, 0.29) is 11.9 Å². The summed E-state index contributed by atoms with van der Waals surface area (Å²) < 4.78 is 5.28. The fraction of sp³-hybridized carbons (Fsp3) is 0.455. The van der Waals surface area contributed by atoms with Gasteiger partial charge in [-0.15, -0.1) is 0 Å². The van der Waals surface area contributed by atoms with E-state index in [1.807, 2.05) is 38.1 Å². The second kappa shape index (κ2) is 8.89. The molecule has 27 heavy (non-hydrogen) atoms. The van der Waals surface area contributed by atoms with Crippen molar-refractivity contribution in [1.82, 2.24) is 10.6 Å². The lowest BCUT2D eigenvalue weighted by Crippen LogP contribution is -2.48. The Balaban J connectivity index is 2.10. The van der Waals surface area contributed by atoms with E-state index in [0.717, 1.165) is 22.8 Å². The molecule has 0 saturated heterocycles. The molecule has 0 fully saturated rings. The van der Waals surface area contributed by atoms with Gasteiger partial charge in [-0.3, -0.25) is 4.79 Å². The van der Waals surface area contributed by atoms with Crippen molar-refractivity contribution < 1.29 is 14.3 Å². The van der Waals surface area contributed by atoms with E-state index in [4.69, 9.17) is 4.74 Å². The van der Waals surface area contributed by atoms with Crippen LogP contribution in [0.15, 0.2) is 42.5 Å². The van der Waals surface area contributed by atoms with E-state index in [2.05, 4.69) is 28.8 Å². The highest BCUT2D eigenvalue weighted by atomic mass is 16.6. The lowest BCUT2D eigenvalue weighted by atomic mass is 9.99. The van der Waals surface area contributed by atoms with E-state index in [0.29, 0.717) is 6.42 Å². The number of nitrogens with one attached hydrogen (secondary N) is 2. The molecule has 2 rings (SSSR count). The predicted octanol–water partition coefficient (Wildman–Crippen LogP) is 4.71. The van der Waals surface area contributed by atoms with Gasteiger partial charge in [0.25, 0.3) is 0 Å². The predicted molar refractivity (Wildman–Crippen MR) is 109 cm³/mol.